The van der Waals surface area contributed by atoms with Gasteiger partial charge in [0.25, 0.3) is 0 Å². The summed E-state index contributed by atoms with van der Waals surface area (Å²) in [6, 6.07) is 1.97. The van der Waals surface area contributed by atoms with Crippen molar-refractivity contribution in [2.75, 3.05) is 53.5 Å². The van der Waals surface area contributed by atoms with Crippen molar-refractivity contribution in [3.05, 3.63) is 23.8 Å². The average molecular weight is 347 g/mol. The molecule has 0 radical (unpaired) electrons. The Morgan fingerprint density at radius 2 is 2.12 bits per heavy atom. The van der Waals surface area contributed by atoms with Crippen LogP contribution in [0.15, 0.2) is 12.3 Å². The van der Waals surface area contributed by atoms with Crippen molar-refractivity contribution < 1.29 is 9.53 Å². The van der Waals surface area contributed by atoms with Crippen molar-refractivity contribution in [1.29, 1.82) is 0 Å². The number of likely N-dealkylation sites (tertiary alicyclic amines) is 1. The van der Waals surface area contributed by atoms with Gasteiger partial charge in [-0.15, -0.1) is 0 Å². The lowest BCUT2D eigenvalue weighted by Gasteiger charge is -2.28. The first-order chi connectivity index (χ1) is 12.1. The van der Waals surface area contributed by atoms with Gasteiger partial charge in [-0.25, -0.2) is 9.97 Å². The molecule has 0 saturated carbocycles. The van der Waals surface area contributed by atoms with Crippen molar-refractivity contribution in [2.45, 2.75) is 31.8 Å². The number of ether oxygens (including phenoxy) is 1. The standard InChI is InChI=1S/C18H29N5O2/c1-21(2)14-15-5-7-19-18(20-15)16-4-3-8-23(16)17(24)6-9-22-10-12-25-13-11-22/h5,7,16H,3-4,6,8-14H2,1-2H3/t16-/m1/s1. The van der Waals surface area contributed by atoms with Crippen LogP contribution in [0, 0.1) is 0 Å². The summed E-state index contributed by atoms with van der Waals surface area (Å²) in [5.74, 6) is 1.01. The molecule has 25 heavy (non-hydrogen) atoms. The molecule has 1 aromatic heterocycles. The molecule has 0 aromatic carbocycles. The number of amides is 1. The molecule has 2 saturated heterocycles. The van der Waals surface area contributed by atoms with Crippen molar-refractivity contribution >= 4 is 5.91 Å². The molecule has 2 aliphatic rings. The van der Waals surface area contributed by atoms with E-state index in [1.807, 2.05) is 31.3 Å². The smallest absolute Gasteiger partial charge is 0.224 e. The molecule has 2 fully saturated rings. The SMILES string of the molecule is CN(C)Cc1ccnc([C@H]2CCCN2C(=O)CCN2CCOCC2)n1. The zero-order chi connectivity index (χ0) is 17.6. The number of carbonyl (C=O) groups excluding carboxylic acids is 1. The number of carbonyl (C=O) groups is 1. The van der Waals surface area contributed by atoms with Gasteiger partial charge in [0.1, 0.15) is 0 Å². The normalized spacial score (nSPS) is 21.9. The first-order valence-electron chi connectivity index (χ1n) is 9.19. The van der Waals surface area contributed by atoms with Crippen LogP contribution in [0.3, 0.4) is 0 Å². The molecule has 1 atom stereocenters. The van der Waals surface area contributed by atoms with Gasteiger partial charge in [0.05, 0.1) is 24.9 Å². The Bertz CT molecular complexity index is 574. The first-order valence-corrected chi connectivity index (χ1v) is 9.19. The minimum atomic E-state index is 0.0271. The fourth-order valence-corrected chi connectivity index (χ4v) is 3.54. The topological polar surface area (TPSA) is 61.8 Å². The van der Waals surface area contributed by atoms with Crippen molar-refractivity contribution in [3.63, 3.8) is 0 Å². The molecule has 0 N–H and O–H groups in total. The Morgan fingerprint density at radius 3 is 2.88 bits per heavy atom. The monoisotopic (exact) mass is 347 g/mol. The van der Waals surface area contributed by atoms with Gasteiger partial charge in [-0.3, -0.25) is 9.69 Å². The summed E-state index contributed by atoms with van der Waals surface area (Å²) in [6.45, 7) is 5.80. The number of rotatable bonds is 6. The Morgan fingerprint density at radius 1 is 1.32 bits per heavy atom. The van der Waals surface area contributed by atoms with Gasteiger partial charge in [-0.05, 0) is 33.0 Å². The van der Waals surface area contributed by atoms with Gasteiger partial charge < -0.3 is 14.5 Å². The van der Waals surface area contributed by atoms with E-state index in [9.17, 15) is 4.79 Å². The second kappa shape index (κ2) is 8.69. The molecular weight excluding hydrogens is 318 g/mol. The van der Waals surface area contributed by atoms with Gasteiger partial charge in [0.15, 0.2) is 5.82 Å². The number of nitrogens with zero attached hydrogens (tertiary/aromatic N) is 5. The molecule has 2 aliphatic heterocycles. The van der Waals surface area contributed by atoms with Crippen LogP contribution in [0.1, 0.15) is 36.8 Å². The lowest BCUT2D eigenvalue weighted by atomic mass is 10.2. The maximum atomic E-state index is 12.7. The molecule has 138 valence electrons. The summed E-state index contributed by atoms with van der Waals surface area (Å²) >= 11 is 0. The molecular formula is C18H29N5O2. The summed E-state index contributed by atoms with van der Waals surface area (Å²) in [6.07, 6.45) is 4.35. The Labute approximate surface area is 150 Å². The van der Waals surface area contributed by atoms with E-state index in [2.05, 4.69) is 14.8 Å². The molecule has 7 heteroatoms. The van der Waals surface area contributed by atoms with E-state index < -0.39 is 0 Å². The fraction of sp³-hybridized carbons (Fsp3) is 0.722. The Balaban J connectivity index is 1.60. The van der Waals surface area contributed by atoms with Crippen LogP contribution < -0.4 is 0 Å². The van der Waals surface area contributed by atoms with Crippen LogP contribution in [0.5, 0.6) is 0 Å². The molecule has 0 spiro atoms. The average Bonchev–Trinajstić information content (AvgIpc) is 3.10. The van der Waals surface area contributed by atoms with Crippen LogP contribution in [-0.2, 0) is 16.1 Å². The van der Waals surface area contributed by atoms with E-state index in [0.717, 1.165) is 70.3 Å². The highest BCUT2D eigenvalue weighted by atomic mass is 16.5. The van der Waals surface area contributed by atoms with Gasteiger partial charge >= 0.3 is 0 Å². The third-order valence-electron chi connectivity index (χ3n) is 4.83. The van der Waals surface area contributed by atoms with E-state index in [-0.39, 0.29) is 11.9 Å². The first kappa shape index (κ1) is 18.2. The van der Waals surface area contributed by atoms with E-state index in [1.54, 1.807) is 0 Å². The van der Waals surface area contributed by atoms with Gasteiger partial charge in [0.2, 0.25) is 5.91 Å². The summed E-state index contributed by atoms with van der Waals surface area (Å²) in [7, 11) is 4.05. The minimum absolute atomic E-state index is 0.0271. The zero-order valence-electron chi connectivity index (χ0n) is 15.4. The van der Waals surface area contributed by atoms with Crippen LogP contribution in [0.25, 0.3) is 0 Å². The van der Waals surface area contributed by atoms with Crippen LogP contribution in [0.4, 0.5) is 0 Å². The lowest BCUT2D eigenvalue weighted by Crippen LogP contribution is -2.39. The third-order valence-corrected chi connectivity index (χ3v) is 4.83. The highest BCUT2D eigenvalue weighted by Gasteiger charge is 2.32. The number of morpholine rings is 1. The van der Waals surface area contributed by atoms with Crippen LogP contribution in [-0.4, -0.2) is 84.1 Å². The maximum absolute atomic E-state index is 12.7. The summed E-state index contributed by atoms with van der Waals surface area (Å²) < 4.78 is 5.36. The Hall–Kier alpha value is -1.57. The van der Waals surface area contributed by atoms with Gasteiger partial charge in [-0.1, -0.05) is 0 Å². The van der Waals surface area contributed by atoms with E-state index >= 15 is 0 Å². The third kappa shape index (κ3) is 4.96. The van der Waals surface area contributed by atoms with Crippen molar-refractivity contribution in [1.82, 2.24) is 24.7 Å². The van der Waals surface area contributed by atoms with Crippen molar-refractivity contribution in [3.8, 4) is 0 Å². The molecule has 0 unspecified atom stereocenters. The van der Waals surface area contributed by atoms with E-state index in [0.29, 0.717) is 6.42 Å². The predicted octanol–water partition coefficient (Wildman–Crippen LogP) is 0.924. The quantitative estimate of drug-likeness (QED) is 0.763. The van der Waals surface area contributed by atoms with Crippen LogP contribution in [0.2, 0.25) is 0 Å². The molecule has 0 bridgehead atoms. The second-order valence-electron chi connectivity index (χ2n) is 7.09. The molecule has 3 heterocycles. The van der Waals surface area contributed by atoms with Gasteiger partial charge in [0, 0.05) is 45.3 Å². The lowest BCUT2D eigenvalue weighted by molar-refractivity contribution is -0.132. The minimum Gasteiger partial charge on any atom is -0.379 e. The second-order valence-corrected chi connectivity index (χ2v) is 7.09. The fourth-order valence-electron chi connectivity index (χ4n) is 3.54. The van der Waals surface area contributed by atoms with E-state index in [1.165, 1.54) is 0 Å². The highest BCUT2D eigenvalue weighted by molar-refractivity contribution is 5.77. The van der Waals surface area contributed by atoms with E-state index in [4.69, 9.17) is 9.72 Å². The Kier molecular flexibility index (Phi) is 6.34. The summed E-state index contributed by atoms with van der Waals surface area (Å²) in [5.41, 5.74) is 1.00. The summed E-state index contributed by atoms with van der Waals surface area (Å²) in [5, 5.41) is 0. The predicted molar refractivity (Wildman–Crippen MR) is 95.0 cm³/mol. The number of hydrogen-bond acceptors (Lipinski definition) is 6. The molecule has 1 amide bonds. The van der Waals surface area contributed by atoms with Crippen LogP contribution >= 0.6 is 0 Å². The highest BCUT2D eigenvalue weighted by Crippen LogP contribution is 2.30. The number of aromatic nitrogens is 2. The number of hydrogen-bond donors (Lipinski definition) is 0. The maximum Gasteiger partial charge on any atom is 0.224 e. The molecule has 3 rings (SSSR count). The molecule has 7 nitrogen and oxygen atoms in total. The largest absolute Gasteiger partial charge is 0.379 e. The molecule has 1 aromatic rings. The molecule has 0 aliphatic carbocycles. The summed E-state index contributed by atoms with van der Waals surface area (Å²) in [4.78, 5) is 28.3. The zero-order valence-corrected chi connectivity index (χ0v) is 15.4. The van der Waals surface area contributed by atoms with Gasteiger partial charge in [-0.2, -0.15) is 0 Å². The van der Waals surface area contributed by atoms with Crippen molar-refractivity contribution in [2.24, 2.45) is 0 Å².